The normalized spacial score (nSPS) is 11.2. The predicted octanol–water partition coefficient (Wildman–Crippen LogP) is 2.99. The van der Waals surface area contributed by atoms with Crippen molar-refractivity contribution in [3.8, 4) is 0 Å². The predicted molar refractivity (Wildman–Crippen MR) is 103 cm³/mol. The monoisotopic (exact) mass is 372 g/mol. The lowest BCUT2D eigenvalue weighted by Crippen LogP contribution is -2.27. The number of rotatable bonds is 8. The fourth-order valence-corrected chi connectivity index (χ4v) is 3.54. The molecule has 0 fully saturated rings. The third kappa shape index (κ3) is 5.03. The van der Waals surface area contributed by atoms with E-state index in [-0.39, 0.29) is 17.3 Å². The average molecular weight is 372 g/mol. The number of nitrogens with one attached hydrogen (secondary N) is 1. The summed E-state index contributed by atoms with van der Waals surface area (Å²) < 4.78 is 26.8. The van der Waals surface area contributed by atoms with Gasteiger partial charge in [-0.25, -0.2) is 13.1 Å². The number of aryl methyl sites for hydroxylation is 1. The Bertz CT molecular complexity index is 874. The first-order valence-corrected chi connectivity index (χ1v) is 9.89. The summed E-state index contributed by atoms with van der Waals surface area (Å²) in [5.41, 5.74) is 2.60. The van der Waals surface area contributed by atoms with Gasteiger partial charge in [0.25, 0.3) is 5.91 Å². The summed E-state index contributed by atoms with van der Waals surface area (Å²) in [4.78, 5) is 14.3. The van der Waals surface area contributed by atoms with Crippen molar-refractivity contribution in [1.82, 2.24) is 9.62 Å². The van der Waals surface area contributed by atoms with Gasteiger partial charge in [-0.3, -0.25) is 4.79 Å². The highest BCUT2D eigenvalue weighted by Gasteiger charge is 2.17. The Morgan fingerprint density at radius 2 is 1.81 bits per heavy atom. The number of hydrogen-bond donors (Lipinski definition) is 1. The van der Waals surface area contributed by atoms with Crippen LogP contribution in [-0.4, -0.2) is 32.8 Å². The van der Waals surface area contributed by atoms with Crippen molar-refractivity contribution in [2.45, 2.75) is 24.8 Å². The van der Waals surface area contributed by atoms with Crippen molar-refractivity contribution in [3.63, 3.8) is 0 Å². The highest BCUT2D eigenvalue weighted by atomic mass is 32.2. The van der Waals surface area contributed by atoms with E-state index in [4.69, 9.17) is 0 Å². The molecule has 1 amide bonds. The lowest BCUT2D eigenvalue weighted by Gasteiger charge is -2.18. The van der Waals surface area contributed by atoms with Gasteiger partial charge < -0.3 is 4.90 Å². The van der Waals surface area contributed by atoms with Gasteiger partial charge in [0.2, 0.25) is 10.0 Å². The third-order valence-corrected chi connectivity index (χ3v) is 5.43. The summed E-state index contributed by atoms with van der Waals surface area (Å²) in [6, 6.07) is 14.1. The van der Waals surface area contributed by atoms with Crippen LogP contribution in [0, 0.1) is 0 Å². The van der Waals surface area contributed by atoms with Gasteiger partial charge in [-0.15, -0.1) is 6.58 Å². The summed E-state index contributed by atoms with van der Waals surface area (Å²) in [5, 5.41) is 0. The van der Waals surface area contributed by atoms with Gasteiger partial charge in [-0.05, 0) is 35.7 Å². The summed E-state index contributed by atoms with van der Waals surface area (Å²) in [6.07, 6.45) is 2.43. The minimum Gasteiger partial charge on any atom is -0.337 e. The molecular weight excluding hydrogens is 348 g/mol. The van der Waals surface area contributed by atoms with Crippen molar-refractivity contribution in [2.75, 3.05) is 13.6 Å². The summed E-state index contributed by atoms with van der Waals surface area (Å²) in [7, 11) is -1.96. The van der Waals surface area contributed by atoms with Crippen LogP contribution >= 0.6 is 0 Å². The number of nitrogens with zero attached hydrogens (tertiary/aromatic N) is 1. The lowest BCUT2D eigenvalue weighted by molar-refractivity contribution is 0.0785. The first kappa shape index (κ1) is 19.9. The Morgan fingerprint density at radius 1 is 1.15 bits per heavy atom. The van der Waals surface area contributed by atoms with Crippen LogP contribution in [0.3, 0.4) is 0 Å². The van der Waals surface area contributed by atoms with Gasteiger partial charge in [-0.1, -0.05) is 43.3 Å². The molecule has 2 aromatic carbocycles. The quantitative estimate of drug-likeness (QED) is 0.725. The van der Waals surface area contributed by atoms with Crippen LogP contribution in [0.1, 0.15) is 28.4 Å². The number of hydrogen-bond acceptors (Lipinski definition) is 3. The number of benzene rings is 2. The molecule has 5 nitrogen and oxygen atoms in total. The van der Waals surface area contributed by atoms with Crippen LogP contribution in [0.2, 0.25) is 0 Å². The van der Waals surface area contributed by atoms with Crippen LogP contribution in [0.5, 0.6) is 0 Å². The maximum Gasteiger partial charge on any atom is 0.253 e. The van der Waals surface area contributed by atoms with Crippen LogP contribution in [-0.2, 0) is 23.0 Å². The number of amides is 1. The molecule has 0 aromatic heterocycles. The first-order valence-electron chi connectivity index (χ1n) is 8.41. The van der Waals surface area contributed by atoms with E-state index < -0.39 is 10.0 Å². The molecule has 2 aromatic rings. The molecule has 0 radical (unpaired) electrons. The molecule has 0 unspecified atom stereocenters. The zero-order chi connectivity index (χ0) is 19.2. The molecule has 6 heteroatoms. The zero-order valence-electron chi connectivity index (χ0n) is 15.1. The average Bonchev–Trinajstić information content (AvgIpc) is 2.66. The van der Waals surface area contributed by atoms with E-state index in [1.807, 2.05) is 24.3 Å². The second-order valence-corrected chi connectivity index (χ2v) is 7.77. The van der Waals surface area contributed by atoms with E-state index in [0.717, 1.165) is 12.0 Å². The lowest BCUT2D eigenvalue weighted by atomic mass is 10.1. The van der Waals surface area contributed by atoms with Gasteiger partial charge in [0.05, 0.1) is 4.90 Å². The van der Waals surface area contributed by atoms with E-state index in [0.29, 0.717) is 12.1 Å². The standard InChI is InChI=1S/C20H24N2O3S/c1-4-13-21-26(24,25)19-8-6-7-18(14-19)20(23)22(3)15-17-11-9-16(5-2)10-12-17/h4,6-12,14,21H,1,5,13,15H2,2-3H3. The molecule has 2 rings (SSSR count). The van der Waals surface area contributed by atoms with Crippen LogP contribution < -0.4 is 4.72 Å². The van der Waals surface area contributed by atoms with Crippen molar-refractivity contribution in [2.24, 2.45) is 0 Å². The highest BCUT2D eigenvalue weighted by Crippen LogP contribution is 2.15. The molecule has 1 N–H and O–H groups in total. The van der Waals surface area contributed by atoms with Crippen LogP contribution in [0.15, 0.2) is 66.1 Å². The molecule has 0 aliphatic heterocycles. The maximum absolute atomic E-state index is 12.7. The van der Waals surface area contributed by atoms with Gasteiger partial charge in [0.15, 0.2) is 0 Å². The SMILES string of the molecule is C=CCNS(=O)(=O)c1cccc(C(=O)N(C)Cc2ccc(CC)cc2)c1. The van der Waals surface area contributed by atoms with Crippen LogP contribution in [0.4, 0.5) is 0 Å². The Kier molecular flexibility index (Phi) is 6.71. The smallest absolute Gasteiger partial charge is 0.253 e. The fraction of sp³-hybridized carbons (Fsp3) is 0.250. The minimum absolute atomic E-state index is 0.0610. The molecular formula is C20H24N2O3S. The zero-order valence-corrected chi connectivity index (χ0v) is 15.9. The van der Waals surface area contributed by atoms with Crippen LogP contribution in [0.25, 0.3) is 0 Å². The molecule has 0 bridgehead atoms. The van der Waals surface area contributed by atoms with Crippen molar-refractivity contribution in [3.05, 3.63) is 77.9 Å². The van der Waals surface area contributed by atoms with E-state index in [1.165, 1.54) is 23.8 Å². The number of sulfonamides is 1. The molecule has 0 saturated carbocycles. The summed E-state index contributed by atoms with van der Waals surface area (Å²) in [5.74, 6) is -0.231. The second-order valence-electron chi connectivity index (χ2n) is 6.00. The largest absolute Gasteiger partial charge is 0.337 e. The minimum atomic E-state index is -3.66. The highest BCUT2D eigenvalue weighted by molar-refractivity contribution is 7.89. The van der Waals surface area contributed by atoms with Gasteiger partial charge in [-0.2, -0.15) is 0 Å². The number of carbonyl (C=O) groups excluding carboxylic acids is 1. The second kappa shape index (κ2) is 8.78. The molecule has 0 atom stereocenters. The first-order chi connectivity index (χ1) is 12.4. The summed E-state index contributed by atoms with van der Waals surface area (Å²) >= 11 is 0. The van der Waals surface area contributed by atoms with Crippen molar-refractivity contribution < 1.29 is 13.2 Å². The summed E-state index contributed by atoms with van der Waals surface area (Å²) in [6.45, 7) is 6.17. The number of carbonyl (C=O) groups is 1. The van der Waals surface area contributed by atoms with Gasteiger partial charge in [0.1, 0.15) is 0 Å². The Morgan fingerprint density at radius 3 is 2.42 bits per heavy atom. The van der Waals surface area contributed by atoms with E-state index in [9.17, 15) is 13.2 Å². The van der Waals surface area contributed by atoms with Crippen molar-refractivity contribution in [1.29, 1.82) is 0 Å². The molecule has 0 aliphatic rings. The molecule has 138 valence electrons. The maximum atomic E-state index is 12.7. The molecule has 26 heavy (non-hydrogen) atoms. The van der Waals surface area contributed by atoms with E-state index >= 15 is 0 Å². The Balaban J connectivity index is 2.15. The third-order valence-electron chi connectivity index (χ3n) is 4.01. The molecule has 0 saturated heterocycles. The molecule has 0 aliphatic carbocycles. The van der Waals surface area contributed by atoms with Gasteiger partial charge in [0, 0.05) is 25.7 Å². The van der Waals surface area contributed by atoms with Gasteiger partial charge >= 0.3 is 0 Å². The topological polar surface area (TPSA) is 66.5 Å². The van der Waals surface area contributed by atoms with E-state index in [1.54, 1.807) is 24.1 Å². The van der Waals surface area contributed by atoms with E-state index in [2.05, 4.69) is 18.2 Å². The Labute approximate surface area is 155 Å². The molecule has 0 spiro atoms. The fourth-order valence-electron chi connectivity index (χ4n) is 2.49. The Hall–Kier alpha value is -2.44. The van der Waals surface area contributed by atoms with Crippen molar-refractivity contribution >= 4 is 15.9 Å². The molecule has 0 heterocycles.